The normalized spacial score (nSPS) is 14.8. The van der Waals surface area contributed by atoms with Crippen LogP contribution < -0.4 is 10.6 Å². The van der Waals surface area contributed by atoms with Crippen LogP contribution >= 0.6 is 0 Å². The van der Waals surface area contributed by atoms with Crippen LogP contribution in [-0.4, -0.2) is 38.3 Å². The maximum atomic E-state index is 14.9. The van der Waals surface area contributed by atoms with Crippen molar-refractivity contribution < 1.29 is 14.0 Å². The summed E-state index contributed by atoms with van der Waals surface area (Å²) < 4.78 is 16.3. The van der Waals surface area contributed by atoms with E-state index in [-0.39, 0.29) is 22.5 Å². The number of nitrogens with zero attached hydrogens (tertiary/aromatic N) is 4. The maximum Gasteiger partial charge on any atom is 0.269 e. The van der Waals surface area contributed by atoms with Gasteiger partial charge in [0.25, 0.3) is 11.8 Å². The highest BCUT2D eigenvalue weighted by atomic mass is 19.1. The number of benzodiazepines with no additional fused rings is 1. The molecule has 2 N–H and O–H groups in total. The van der Waals surface area contributed by atoms with Crippen LogP contribution in [0.3, 0.4) is 0 Å². The molecule has 2 amide bonds. The number of carbonyl (C=O) groups excluding carboxylic acids is 2. The van der Waals surface area contributed by atoms with Crippen LogP contribution in [0.4, 0.5) is 10.1 Å². The van der Waals surface area contributed by atoms with Crippen molar-refractivity contribution in [3.05, 3.63) is 119 Å². The molecule has 0 saturated heterocycles. The number of aromatic nitrogens is 3. The highest BCUT2D eigenvalue weighted by molar-refractivity contribution is 6.20. The third-order valence-electron chi connectivity index (χ3n) is 6.26. The number of nitrogens with one attached hydrogen (secondary N) is 2. The Morgan fingerprint density at radius 3 is 2.63 bits per heavy atom. The molecule has 0 saturated carbocycles. The number of para-hydroxylation sites is 1. The molecule has 2 aromatic heterocycles. The number of fused-ring (bicyclic) bond motifs is 2. The Hall–Kier alpha value is -5.18. The molecule has 1 aliphatic rings. The summed E-state index contributed by atoms with van der Waals surface area (Å²) in [6, 6.07) is 23.0. The van der Waals surface area contributed by atoms with E-state index in [0.717, 1.165) is 16.7 Å². The number of benzene rings is 3. The van der Waals surface area contributed by atoms with Crippen molar-refractivity contribution in [2.75, 3.05) is 5.32 Å². The summed E-state index contributed by atoms with van der Waals surface area (Å²) in [6.07, 6.45) is 1.88. The number of hydrogen-bond acceptors (Lipinski definition) is 5. The van der Waals surface area contributed by atoms with E-state index in [2.05, 4.69) is 25.7 Å². The number of aryl methyl sites for hydroxylation is 1. The fourth-order valence-electron chi connectivity index (χ4n) is 4.48. The number of halogens is 1. The highest BCUT2D eigenvalue weighted by Gasteiger charge is 2.30. The minimum Gasteiger partial charge on any atom is -0.322 e. The fraction of sp³-hybridized carbons (Fsp3) is 0.0690. The van der Waals surface area contributed by atoms with Crippen LogP contribution in [0.5, 0.6) is 0 Å². The van der Waals surface area contributed by atoms with Crippen LogP contribution in [0.1, 0.15) is 27.0 Å². The molecule has 186 valence electrons. The predicted molar refractivity (Wildman–Crippen MR) is 142 cm³/mol. The lowest BCUT2D eigenvalue weighted by atomic mass is 10.0. The van der Waals surface area contributed by atoms with Crippen molar-refractivity contribution in [2.24, 2.45) is 4.99 Å². The Balaban J connectivity index is 1.46. The molecule has 1 atom stereocenters. The SMILES string of the molecule is Cc1ccc(F)c(-c2nn3cccnc3c2C(=O)N[C@H]2N=C(c3ccccc3)c3ccccc3NC2=O)c1. The smallest absolute Gasteiger partial charge is 0.269 e. The fourth-order valence-corrected chi connectivity index (χ4v) is 4.48. The molecule has 0 fully saturated rings. The van der Waals surface area contributed by atoms with Gasteiger partial charge in [-0.2, -0.15) is 5.10 Å². The van der Waals surface area contributed by atoms with E-state index in [9.17, 15) is 14.0 Å². The van der Waals surface area contributed by atoms with Gasteiger partial charge >= 0.3 is 0 Å². The molecule has 0 aliphatic carbocycles. The minimum atomic E-state index is -1.26. The molecule has 0 radical (unpaired) electrons. The van der Waals surface area contributed by atoms with Gasteiger partial charge in [0.1, 0.15) is 17.1 Å². The number of aliphatic imine (C=N–C) groups is 1. The zero-order chi connectivity index (χ0) is 26.2. The molecular weight excluding hydrogens is 483 g/mol. The van der Waals surface area contributed by atoms with Crippen LogP contribution in [-0.2, 0) is 4.79 Å². The molecule has 0 unspecified atom stereocenters. The van der Waals surface area contributed by atoms with Gasteiger partial charge in [0.15, 0.2) is 5.65 Å². The third kappa shape index (κ3) is 4.09. The van der Waals surface area contributed by atoms with Gasteiger partial charge in [0.2, 0.25) is 6.17 Å². The summed E-state index contributed by atoms with van der Waals surface area (Å²) >= 11 is 0. The Morgan fingerprint density at radius 2 is 1.79 bits per heavy atom. The lowest BCUT2D eigenvalue weighted by Crippen LogP contribution is -2.42. The zero-order valence-corrected chi connectivity index (χ0v) is 20.2. The number of carbonyl (C=O) groups is 2. The molecule has 0 spiro atoms. The Bertz CT molecular complexity index is 1750. The average Bonchev–Trinajstić information content (AvgIpc) is 3.26. The summed E-state index contributed by atoms with van der Waals surface area (Å²) in [6.45, 7) is 1.82. The highest BCUT2D eigenvalue weighted by Crippen LogP contribution is 2.29. The zero-order valence-electron chi connectivity index (χ0n) is 20.2. The molecule has 5 aromatic rings. The number of anilines is 1. The van der Waals surface area contributed by atoms with E-state index in [0.29, 0.717) is 11.4 Å². The van der Waals surface area contributed by atoms with Gasteiger partial charge in [-0.15, -0.1) is 0 Å². The molecule has 6 rings (SSSR count). The summed E-state index contributed by atoms with van der Waals surface area (Å²) in [4.78, 5) is 36.0. The van der Waals surface area contributed by atoms with E-state index < -0.39 is 23.8 Å². The average molecular weight is 505 g/mol. The molecule has 0 bridgehead atoms. The van der Waals surface area contributed by atoms with Crippen molar-refractivity contribution in [3.8, 4) is 11.3 Å². The summed E-state index contributed by atoms with van der Waals surface area (Å²) in [5.74, 6) is -1.69. The van der Waals surface area contributed by atoms with Crippen molar-refractivity contribution in [3.63, 3.8) is 0 Å². The first-order valence-electron chi connectivity index (χ1n) is 11.9. The number of rotatable bonds is 4. The Morgan fingerprint density at radius 1 is 1.00 bits per heavy atom. The molecule has 3 heterocycles. The molecular formula is C29H21FN6O2. The second kappa shape index (κ2) is 9.36. The summed E-state index contributed by atoms with van der Waals surface area (Å²) in [5, 5.41) is 10.0. The van der Waals surface area contributed by atoms with Crippen LogP contribution in [0.15, 0.2) is 96.2 Å². The van der Waals surface area contributed by atoms with Crippen LogP contribution in [0, 0.1) is 12.7 Å². The number of amides is 2. The predicted octanol–water partition coefficient (Wildman–Crippen LogP) is 4.39. The quantitative estimate of drug-likeness (QED) is 0.379. The monoisotopic (exact) mass is 504 g/mol. The standard InChI is InChI=1S/C29H21FN6O2/c1-17-12-13-21(30)20(16-17)25-23(27-31-14-7-15-36(27)35-25)28(37)34-26-29(38)32-22-11-6-5-10-19(22)24(33-26)18-8-3-2-4-9-18/h2-16,26H,1H3,(H,32,38)(H,34,37)/t26-/m1/s1. The Labute approximate surface area is 216 Å². The Kier molecular flexibility index (Phi) is 5.72. The topological polar surface area (TPSA) is 101 Å². The second-order valence-electron chi connectivity index (χ2n) is 8.85. The van der Waals surface area contributed by atoms with E-state index in [1.54, 1.807) is 30.5 Å². The number of hydrogen-bond donors (Lipinski definition) is 2. The second-order valence-corrected chi connectivity index (χ2v) is 8.85. The van der Waals surface area contributed by atoms with Crippen molar-refractivity contribution in [2.45, 2.75) is 13.1 Å². The lowest BCUT2D eigenvalue weighted by molar-refractivity contribution is -0.117. The molecule has 8 nitrogen and oxygen atoms in total. The van der Waals surface area contributed by atoms with Gasteiger partial charge in [0.05, 0.1) is 11.4 Å². The van der Waals surface area contributed by atoms with Gasteiger partial charge in [0, 0.05) is 29.1 Å². The van der Waals surface area contributed by atoms with E-state index in [1.807, 2.05) is 55.5 Å². The molecule has 1 aliphatic heterocycles. The largest absolute Gasteiger partial charge is 0.322 e. The van der Waals surface area contributed by atoms with Crippen molar-refractivity contribution >= 4 is 28.9 Å². The summed E-state index contributed by atoms with van der Waals surface area (Å²) in [5.41, 5.74) is 3.99. The van der Waals surface area contributed by atoms with Crippen molar-refractivity contribution in [1.82, 2.24) is 19.9 Å². The summed E-state index contributed by atoms with van der Waals surface area (Å²) in [7, 11) is 0. The molecule has 38 heavy (non-hydrogen) atoms. The van der Waals surface area contributed by atoms with Crippen LogP contribution in [0.2, 0.25) is 0 Å². The van der Waals surface area contributed by atoms with Crippen molar-refractivity contribution in [1.29, 1.82) is 0 Å². The van der Waals surface area contributed by atoms with E-state index in [1.165, 1.54) is 16.8 Å². The molecule has 3 aromatic carbocycles. The molecule has 9 heteroatoms. The van der Waals surface area contributed by atoms with Crippen LogP contribution in [0.25, 0.3) is 16.9 Å². The lowest BCUT2D eigenvalue weighted by Gasteiger charge is -2.14. The van der Waals surface area contributed by atoms with E-state index >= 15 is 0 Å². The third-order valence-corrected chi connectivity index (χ3v) is 6.26. The van der Waals surface area contributed by atoms with Gasteiger partial charge in [-0.3, -0.25) is 9.59 Å². The minimum absolute atomic E-state index is 0.0427. The van der Waals surface area contributed by atoms with Gasteiger partial charge in [-0.05, 0) is 31.2 Å². The first-order valence-corrected chi connectivity index (χ1v) is 11.9. The van der Waals surface area contributed by atoms with Gasteiger partial charge < -0.3 is 10.6 Å². The maximum absolute atomic E-state index is 14.9. The first kappa shape index (κ1) is 23.2. The van der Waals surface area contributed by atoms with Gasteiger partial charge in [-0.25, -0.2) is 18.9 Å². The first-order chi connectivity index (χ1) is 18.5. The van der Waals surface area contributed by atoms with Gasteiger partial charge in [-0.1, -0.05) is 60.2 Å². The van der Waals surface area contributed by atoms with E-state index in [4.69, 9.17) is 0 Å².